The van der Waals surface area contributed by atoms with E-state index < -0.39 is 0 Å². The van der Waals surface area contributed by atoms with E-state index in [1.165, 1.54) is 5.56 Å². The number of halogens is 1. The predicted molar refractivity (Wildman–Crippen MR) is 126 cm³/mol. The molecule has 0 spiro atoms. The molecular weight excluding hydrogens is 412 g/mol. The highest BCUT2D eigenvalue weighted by molar-refractivity contribution is 6.32. The summed E-state index contributed by atoms with van der Waals surface area (Å²) in [5, 5.41) is 3.12. The number of ether oxygens (including phenoxy) is 2. The molecule has 0 fully saturated rings. The van der Waals surface area contributed by atoms with Gasteiger partial charge in [0.05, 0.1) is 17.3 Å². The van der Waals surface area contributed by atoms with Crippen molar-refractivity contribution < 1.29 is 14.3 Å². The zero-order chi connectivity index (χ0) is 22.1. The molecule has 0 aliphatic carbocycles. The maximum absolute atomic E-state index is 12.2. The average Bonchev–Trinajstić information content (AvgIpc) is 2.78. The van der Waals surface area contributed by atoms with Gasteiger partial charge in [0.2, 0.25) is 0 Å². The van der Waals surface area contributed by atoms with Crippen LogP contribution in [0.4, 0.5) is 11.4 Å². The number of nitrogens with zero attached hydrogens (tertiary/aromatic N) is 1. The van der Waals surface area contributed by atoms with E-state index in [-0.39, 0.29) is 12.5 Å². The van der Waals surface area contributed by atoms with Gasteiger partial charge in [-0.1, -0.05) is 48.9 Å². The lowest BCUT2D eigenvalue weighted by Crippen LogP contribution is -2.20. The number of hydrogen-bond donors (Lipinski definition) is 1. The van der Waals surface area contributed by atoms with E-state index in [1.807, 2.05) is 37.3 Å². The number of hydrogen-bond acceptors (Lipinski definition) is 4. The zero-order valence-electron chi connectivity index (χ0n) is 17.6. The normalized spacial score (nSPS) is 10.8. The summed E-state index contributed by atoms with van der Waals surface area (Å²) >= 11 is 6.44. The lowest BCUT2D eigenvalue weighted by atomic mass is 10.1. The molecule has 0 atom stereocenters. The van der Waals surface area contributed by atoms with Gasteiger partial charge in [-0.3, -0.25) is 9.79 Å². The fraction of sp³-hybridized carbons (Fsp3) is 0.200. The molecule has 0 saturated carbocycles. The maximum atomic E-state index is 12.2. The summed E-state index contributed by atoms with van der Waals surface area (Å²) in [7, 11) is 0. The molecule has 0 bridgehead atoms. The Balaban J connectivity index is 1.71. The highest BCUT2D eigenvalue weighted by Crippen LogP contribution is 2.36. The van der Waals surface area contributed by atoms with Gasteiger partial charge in [0.25, 0.3) is 5.91 Å². The lowest BCUT2D eigenvalue weighted by Gasteiger charge is -2.14. The minimum absolute atomic E-state index is 0.189. The monoisotopic (exact) mass is 436 g/mol. The molecule has 31 heavy (non-hydrogen) atoms. The van der Waals surface area contributed by atoms with Crippen molar-refractivity contribution in [3.05, 3.63) is 82.9 Å². The van der Waals surface area contributed by atoms with Crippen molar-refractivity contribution in [2.75, 3.05) is 18.5 Å². The van der Waals surface area contributed by atoms with Crippen LogP contribution in [-0.2, 0) is 11.2 Å². The highest BCUT2D eigenvalue weighted by atomic mass is 35.5. The number of rotatable bonds is 9. The van der Waals surface area contributed by atoms with Crippen LogP contribution in [0.25, 0.3) is 0 Å². The molecule has 0 aliphatic heterocycles. The van der Waals surface area contributed by atoms with Crippen LogP contribution in [0.2, 0.25) is 5.02 Å². The number of carbonyl (C=O) groups is 1. The molecule has 0 aromatic heterocycles. The Hall–Kier alpha value is -3.31. The summed E-state index contributed by atoms with van der Waals surface area (Å²) < 4.78 is 11.4. The predicted octanol–water partition coefficient (Wildman–Crippen LogP) is 6.07. The lowest BCUT2D eigenvalue weighted by molar-refractivity contribution is -0.118. The van der Waals surface area contributed by atoms with Crippen molar-refractivity contribution >= 4 is 35.1 Å². The van der Waals surface area contributed by atoms with Gasteiger partial charge < -0.3 is 14.8 Å². The molecule has 0 unspecified atom stereocenters. The first kappa shape index (κ1) is 22.4. The second kappa shape index (κ2) is 11.2. The van der Waals surface area contributed by atoms with E-state index in [4.69, 9.17) is 21.1 Å². The molecule has 1 N–H and O–H groups in total. The fourth-order valence-electron chi connectivity index (χ4n) is 2.89. The number of amides is 1. The third-order valence-electron chi connectivity index (χ3n) is 4.44. The van der Waals surface area contributed by atoms with Crippen LogP contribution in [0.1, 0.15) is 25.0 Å². The smallest absolute Gasteiger partial charge is 0.262 e. The number of nitrogens with one attached hydrogen (secondary N) is 1. The van der Waals surface area contributed by atoms with E-state index in [0.29, 0.717) is 28.8 Å². The van der Waals surface area contributed by atoms with E-state index in [0.717, 1.165) is 17.7 Å². The van der Waals surface area contributed by atoms with Gasteiger partial charge in [-0.05, 0) is 60.9 Å². The van der Waals surface area contributed by atoms with Crippen LogP contribution in [-0.4, -0.2) is 25.3 Å². The number of anilines is 1. The third-order valence-corrected chi connectivity index (χ3v) is 4.72. The fourth-order valence-corrected chi connectivity index (χ4v) is 3.16. The number of para-hydroxylation sites is 1. The van der Waals surface area contributed by atoms with Gasteiger partial charge in [-0.15, -0.1) is 0 Å². The summed E-state index contributed by atoms with van der Waals surface area (Å²) in [6.07, 6.45) is 2.71. The van der Waals surface area contributed by atoms with E-state index in [1.54, 1.807) is 30.5 Å². The van der Waals surface area contributed by atoms with Gasteiger partial charge in [-0.25, -0.2) is 0 Å². The molecule has 160 valence electrons. The molecule has 3 aromatic rings. The molecule has 1 amide bonds. The second-order valence-corrected chi connectivity index (χ2v) is 7.15. The largest absolute Gasteiger partial charge is 0.490 e. The summed E-state index contributed by atoms with van der Waals surface area (Å²) in [5.41, 5.74) is 3.59. The molecule has 3 aromatic carbocycles. The van der Waals surface area contributed by atoms with Crippen molar-refractivity contribution in [1.29, 1.82) is 0 Å². The van der Waals surface area contributed by atoms with Crippen LogP contribution in [0.3, 0.4) is 0 Å². The SMILES string of the molecule is CCOc1cc(C=Nc2ccc(CC)cc2)cc(Cl)c1OCC(=O)Nc1ccccc1. The van der Waals surface area contributed by atoms with E-state index in [9.17, 15) is 4.79 Å². The Morgan fingerprint density at radius 2 is 1.77 bits per heavy atom. The molecule has 3 rings (SSSR count). The van der Waals surface area contributed by atoms with Crippen LogP contribution >= 0.6 is 11.6 Å². The number of aliphatic imine (C=N–C) groups is 1. The molecule has 0 heterocycles. The summed E-state index contributed by atoms with van der Waals surface area (Å²) in [5.74, 6) is 0.507. The molecule has 0 radical (unpaired) electrons. The van der Waals surface area contributed by atoms with Crippen LogP contribution in [0.15, 0.2) is 71.7 Å². The second-order valence-electron chi connectivity index (χ2n) is 6.74. The number of benzene rings is 3. The Morgan fingerprint density at radius 3 is 2.45 bits per heavy atom. The van der Waals surface area contributed by atoms with Crippen molar-refractivity contribution in [3.63, 3.8) is 0 Å². The number of aryl methyl sites for hydroxylation is 1. The van der Waals surface area contributed by atoms with Gasteiger partial charge in [-0.2, -0.15) is 0 Å². The van der Waals surface area contributed by atoms with Crippen molar-refractivity contribution in [2.24, 2.45) is 4.99 Å². The van der Waals surface area contributed by atoms with Crippen LogP contribution in [0, 0.1) is 0 Å². The molecule has 0 saturated heterocycles. The molecule has 0 aliphatic rings. The maximum Gasteiger partial charge on any atom is 0.262 e. The van der Waals surface area contributed by atoms with Gasteiger partial charge >= 0.3 is 0 Å². The van der Waals surface area contributed by atoms with Crippen LogP contribution in [0.5, 0.6) is 11.5 Å². The van der Waals surface area contributed by atoms with Gasteiger partial charge in [0.15, 0.2) is 18.1 Å². The van der Waals surface area contributed by atoms with E-state index >= 15 is 0 Å². The van der Waals surface area contributed by atoms with Crippen molar-refractivity contribution in [3.8, 4) is 11.5 Å². The average molecular weight is 437 g/mol. The van der Waals surface area contributed by atoms with E-state index in [2.05, 4.69) is 29.4 Å². The molecular formula is C25H25ClN2O3. The minimum Gasteiger partial charge on any atom is -0.490 e. The summed E-state index contributed by atoms with van der Waals surface area (Å²) in [6, 6.07) is 20.8. The molecule has 6 heteroatoms. The standard InChI is InChI=1S/C25H25ClN2O3/c1-3-18-10-12-20(13-11-18)27-16-19-14-22(26)25(23(15-19)30-4-2)31-17-24(29)28-21-8-6-5-7-9-21/h5-16H,3-4,17H2,1-2H3,(H,28,29). The van der Waals surface area contributed by atoms with Crippen molar-refractivity contribution in [2.45, 2.75) is 20.3 Å². The zero-order valence-corrected chi connectivity index (χ0v) is 18.4. The third kappa shape index (κ3) is 6.59. The Labute approximate surface area is 187 Å². The van der Waals surface area contributed by atoms with Crippen molar-refractivity contribution in [1.82, 2.24) is 0 Å². The Morgan fingerprint density at radius 1 is 1.03 bits per heavy atom. The number of carbonyl (C=O) groups excluding carboxylic acids is 1. The first-order chi connectivity index (χ1) is 15.1. The summed E-state index contributed by atoms with van der Waals surface area (Å²) in [6.45, 7) is 4.23. The summed E-state index contributed by atoms with van der Waals surface area (Å²) in [4.78, 5) is 16.7. The topological polar surface area (TPSA) is 59.9 Å². The van der Waals surface area contributed by atoms with Crippen LogP contribution < -0.4 is 14.8 Å². The van der Waals surface area contributed by atoms with Gasteiger partial charge in [0.1, 0.15) is 0 Å². The first-order valence-electron chi connectivity index (χ1n) is 10.2. The first-order valence-corrected chi connectivity index (χ1v) is 10.5. The minimum atomic E-state index is -0.286. The Kier molecular flexibility index (Phi) is 8.07. The highest BCUT2D eigenvalue weighted by Gasteiger charge is 2.14. The quantitative estimate of drug-likeness (QED) is 0.414. The van der Waals surface area contributed by atoms with Gasteiger partial charge in [0, 0.05) is 11.9 Å². The molecule has 5 nitrogen and oxygen atoms in total. The Bertz CT molecular complexity index is 1030.